The average molecular weight is 339 g/mol. The molecule has 1 aliphatic carbocycles. The van der Waals surface area contributed by atoms with Crippen LogP contribution < -0.4 is 0 Å². The lowest BCUT2D eigenvalue weighted by molar-refractivity contribution is -0.265. The Bertz CT molecular complexity index is 546. The molecule has 4 heteroatoms. The van der Waals surface area contributed by atoms with Gasteiger partial charge in [-0.05, 0) is 55.4 Å². The van der Waals surface area contributed by atoms with Crippen LogP contribution in [-0.4, -0.2) is 31.2 Å². The van der Waals surface area contributed by atoms with E-state index < -0.39 is 5.41 Å². The Morgan fingerprint density at radius 2 is 1.91 bits per heavy atom. The summed E-state index contributed by atoms with van der Waals surface area (Å²) in [7, 11) is 0. The van der Waals surface area contributed by atoms with Crippen LogP contribution in [-0.2, 0) is 21.3 Å². The maximum Gasteiger partial charge on any atom is 0.169 e. The van der Waals surface area contributed by atoms with Crippen molar-refractivity contribution in [2.45, 2.75) is 57.7 Å². The van der Waals surface area contributed by atoms with Crippen molar-refractivity contribution in [3.63, 3.8) is 0 Å². The minimum atomic E-state index is -0.466. The molecule has 0 amide bonds. The number of aryl methyl sites for hydroxylation is 1. The molecule has 23 heavy (non-hydrogen) atoms. The molecule has 0 saturated carbocycles. The topological polar surface area (TPSA) is 38.7 Å². The fraction of sp³-hybridized carbons (Fsp3) is 0.684. The van der Waals surface area contributed by atoms with Gasteiger partial charge in [-0.2, -0.15) is 0 Å². The number of fused-ring (bicyclic) bond motifs is 1. The van der Waals surface area contributed by atoms with E-state index in [2.05, 4.69) is 13.8 Å². The highest BCUT2D eigenvalue weighted by molar-refractivity contribution is 6.30. The number of hydrogen-bond acceptors (Lipinski definition) is 3. The zero-order chi connectivity index (χ0) is 16.5. The van der Waals surface area contributed by atoms with Gasteiger partial charge in [0.25, 0.3) is 0 Å². The molecule has 0 bridgehead atoms. The zero-order valence-electron chi connectivity index (χ0n) is 14.1. The van der Waals surface area contributed by atoms with Crippen molar-refractivity contribution in [1.29, 1.82) is 0 Å². The third-order valence-electron chi connectivity index (χ3n) is 5.99. The van der Waals surface area contributed by atoms with E-state index in [1.807, 2.05) is 18.2 Å². The van der Waals surface area contributed by atoms with Crippen LogP contribution in [0.25, 0.3) is 0 Å². The van der Waals surface area contributed by atoms with E-state index in [9.17, 15) is 5.11 Å². The molecule has 1 aromatic carbocycles. The van der Waals surface area contributed by atoms with Gasteiger partial charge in [-0.3, -0.25) is 0 Å². The third kappa shape index (κ3) is 2.93. The lowest BCUT2D eigenvalue weighted by Gasteiger charge is -2.48. The summed E-state index contributed by atoms with van der Waals surface area (Å²) in [5.41, 5.74) is 2.00. The van der Waals surface area contributed by atoms with E-state index in [-0.39, 0.29) is 18.3 Å². The van der Waals surface area contributed by atoms with Crippen molar-refractivity contribution in [2.75, 3.05) is 19.8 Å². The number of aliphatic hydroxyl groups is 1. The highest BCUT2D eigenvalue weighted by Crippen LogP contribution is 2.45. The second-order valence-electron chi connectivity index (χ2n) is 7.13. The molecule has 2 aliphatic rings. The van der Waals surface area contributed by atoms with Crippen LogP contribution in [0.15, 0.2) is 18.2 Å². The molecular weight excluding hydrogens is 312 g/mol. The van der Waals surface area contributed by atoms with Crippen molar-refractivity contribution < 1.29 is 14.6 Å². The summed E-state index contributed by atoms with van der Waals surface area (Å²) in [6.07, 6.45) is 4.62. The summed E-state index contributed by atoms with van der Waals surface area (Å²) in [6, 6.07) is 5.97. The molecule has 1 heterocycles. The molecule has 0 unspecified atom stereocenters. The Balaban J connectivity index is 1.89. The first-order valence-corrected chi connectivity index (χ1v) is 9.10. The number of halogens is 1. The summed E-state index contributed by atoms with van der Waals surface area (Å²) < 4.78 is 12.4. The summed E-state index contributed by atoms with van der Waals surface area (Å²) in [6.45, 7) is 5.83. The SMILES string of the molecule is CCC1(CC)COC([C@]2(CO)CCCc3cc(Cl)ccc32)OC1. The Hall–Kier alpha value is -0.610. The van der Waals surface area contributed by atoms with Gasteiger partial charge >= 0.3 is 0 Å². The summed E-state index contributed by atoms with van der Waals surface area (Å²) in [4.78, 5) is 0. The standard InChI is InChI=1S/C19H27ClO3/c1-3-18(4-2)12-22-17(23-13-18)19(11-21)9-5-6-14-10-15(20)7-8-16(14)19/h7-8,10,17,21H,3-6,9,11-13H2,1-2H3/t19-/m0/s1. The van der Waals surface area contributed by atoms with E-state index in [1.165, 1.54) is 5.56 Å². The molecule has 1 fully saturated rings. The van der Waals surface area contributed by atoms with Crippen molar-refractivity contribution >= 4 is 11.6 Å². The smallest absolute Gasteiger partial charge is 0.169 e. The molecule has 1 N–H and O–H groups in total. The molecule has 1 aliphatic heterocycles. The maximum absolute atomic E-state index is 10.3. The van der Waals surface area contributed by atoms with Crippen LogP contribution in [0.1, 0.15) is 50.7 Å². The molecule has 0 radical (unpaired) electrons. The molecule has 1 saturated heterocycles. The predicted molar refractivity (Wildman–Crippen MR) is 91.9 cm³/mol. The zero-order valence-corrected chi connectivity index (χ0v) is 14.9. The first kappa shape index (κ1) is 17.2. The first-order valence-electron chi connectivity index (χ1n) is 8.72. The van der Waals surface area contributed by atoms with Gasteiger partial charge in [0.1, 0.15) is 0 Å². The summed E-state index contributed by atoms with van der Waals surface area (Å²) in [5.74, 6) is 0. The second kappa shape index (κ2) is 6.72. The fourth-order valence-electron chi connectivity index (χ4n) is 4.04. The van der Waals surface area contributed by atoms with Gasteiger partial charge in [-0.1, -0.05) is 31.5 Å². The Morgan fingerprint density at radius 1 is 1.22 bits per heavy atom. The highest BCUT2D eigenvalue weighted by Gasteiger charge is 2.48. The summed E-state index contributed by atoms with van der Waals surface area (Å²) >= 11 is 6.15. The van der Waals surface area contributed by atoms with Gasteiger partial charge in [0.15, 0.2) is 6.29 Å². The lowest BCUT2D eigenvalue weighted by Crippen LogP contribution is -2.53. The largest absolute Gasteiger partial charge is 0.395 e. The number of ether oxygens (including phenoxy) is 2. The van der Waals surface area contributed by atoms with Crippen molar-refractivity contribution in [2.24, 2.45) is 5.41 Å². The van der Waals surface area contributed by atoms with Crippen LogP contribution in [0, 0.1) is 5.41 Å². The molecule has 3 rings (SSSR count). The maximum atomic E-state index is 10.3. The van der Waals surface area contributed by atoms with Crippen LogP contribution >= 0.6 is 11.6 Å². The van der Waals surface area contributed by atoms with Crippen molar-refractivity contribution in [3.8, 4) is 0 Å². The van der Waals surface area contributed by atoms with Gasteiger partial charge in [0.05, 0.1) is 25.2 Å². The average Bonchev–Trinajstić information content (AvgIpc) is 2.61. The van der Waals surface area contributed by atoms with Gasteiger partial charge in [-0.15, -0.1) is 0 Å². The molecule has 3 nitrogen and oxygen atoms in total. The first-order chi connectivity index (χ1) is 11.1. The predicted octanol–water partition coefficient (Wildman–Crippen LogP) is 4.09. The van der Waals surface area contributed by atoms with Crippen LogP contribution in [0.2, 0.25) is 5.02 Å². The minimum Gasteiger partial charge on any atom is -0.395 e. The van der Waals surface area contributed by atoms with Crippen LogP contribution in [0.4, 0.5) is 0 Å². The molecular formula is C19H27ClO3. The van der Waals surface area contributed by atoms with E-state index in [0.29, 0.717) is 13.2 Å². The van der Waals surface area contributed by atoms with E-state index >= 15 is 0 Å². The Labute approximate surface area is 143 Å². The molecule has 128 valence electrons. The number of benzene rings is 1. The molecule has 1 aromatic rings. The van der Waals surface area contributed by atoms with Gasteiger partial charge in [0, 0.05) is 10.4 Å². The number of aliphatic hydroxyl groups excluding tert-OH is 1. The Kier molecular flexibility index (Phi) is 5.03. The second-order valence-corrected chi connectivity index (χ2v) is 7.57. The Morgan fingerprint density at radius 3 is 2.52 bits per heavy atom. The molecule has 1 atom stereocenters. The van der Waals surface area contributed by atoms with Crippen molar-refractivity contribution in [3.05, 3.63) is 34.3 Å². The number of hydrogen-bond donors (Lipinski definition) is 1. The van der Waals surface area contributed by atoms with Gasteiger partial charge < -0.3 is 14.6 Å². The normalized spacial score (nSPS) is 27.7. The number of rotatable bonds is 4. The van der Waals surface area contributed by atoms with E-state index in [1.54, 1.807) is 0 Å². The monoisotopic (exact) mass is 338 g/mol. The molecule has 0 spiro atoms. The van der Waals surface area contributed by atoms with Crippen LogP contribution in [0.3, 0.4) is 0 Å². The van der Waals surface area contributed by atoms with E-state index in [0.717, 1.165) is 42.7 Å². The van der Waals surface area contributed by atoms with E-state index in [4.69, 9.17) is 21.1 Å². The molecule has 0 aromatic heterocycles. The van der Waals surface area contributed by atoms with Gasteiger partial charge in [0.2, 0.25) is 0 Å². The third-order valence-corrected chi connectivity index (χ3v) is 6.22. The summed E-state index contributed by atoms with van der Waals surface area (Å²) in [5, 5.41) is 11.0. The van der Waals surface area contributed by atoms with Gasteiger partial charge in [-0.25, -0.2) is 0 Å². The van der Waals surface area contributed by atoms with Crippen molar-refractivity contribution in [1.82, 2.24) is 0 Å². The highest BCUT2D eigenvalue weighted by atomic mass is 35.5. The minimum absolute atomic E-state index is 0.0392. The quantitative estimate of drug-likeness (QED) is 0.898. The van der Waals surface area contributed by atoms with Crippen LogP contribution in [0.5, 0.6) is 0 Å². The lowest BCUT2D eigenvalue weighted by atomic mass is 9.69. The fourth-order valence-corrected chi connectivity index (χ4v) is 4.23.